The molecule has 22 heavy (non-hydrogen) atoms. The fraction of sp³-hybridized carbons (Fsp3) is 0.0625. The third-order valence-corrected chi connectivity index (χ3v) is 4.28. The van der Waals surface area contributed by atoms with E-state index in [1.165, 1.54) is 18.7 Å². The van der Waals surface area contributed by atoms with Gasteiger partial charge in [-0.1, -0.05) is 48.2 Å². The monoisotopic (exact) mass is 329 g/mol. The van der Waals surface area contributed by atoms with Gasteiger partial charge < -0.3 is 9.73 Å². The van der Waals surface area contributed by atoms with Crippen molar-refractivity contribution in [2.75, 3.05) is 0 Å². The number of carbonyl (C=O) groups excluding carboxylic acids is 2. The molecule has 3 rings (SSSR count). The Hall–Kier alpha value is -2.18. The van der Waals surface area contributed by atoms with Crippen molar-refractivity contribution in [3.05, 3.63) is 52.6 Å². The molecule has 0 aliphatic carbocycles. The molecule has 0 bridgehead atoms. The average molecular weight is 329 g/mol. The van der Waals surface area contributed by atoms with Crippen LogP contribution in [0, 0.1) is 0 Å². The Kier molecular flexibility index (Phi) is 3.96. The van der Waals surface area contributed by atoms with E-state index in [0.717, 1.165) is 5.56 Å². The summed E-state index contributed by atoms with van der Waals surface area (Å²) in [6.45, 7) is 1.53. The Morgan fingerprint density at radius 1 is 1.23 bits per heavy atom. The molecule has 0 saturated carbocycles. The molecule has 0 unspecified atom stereocenters. The standard InChI is InChI=1S/C16H11NO3S2/c1-9(18)10-2-4-11(5-3-10)13-7-6-12(20-13)8-14-15(19)17-16(21)22-14/h2-8H,1H3,(H,17,19,21)/b14-8-. The highest BCUT2D eigenvalue weighted by molar-refractivity contribution is 8.26. The van der Waals surface area contributed by atoms with Crippen LogP contribution in [0.15, 0.2) is 45.7 Å². The van der Waals surface area contributed by atoms with E-state index >= 15 is 0 Å². The maximum absolute atomic E-state index is 11.6. The lowest BCUT2D eigenvalue weighted by Gasteiger charge is -1.99. The van der Waals surface area contributed by atoms with Gasteiger partial charge in [0.15, 0.2) is 5.78 Å². The van der Waals surface area contributed by atoms with Crippen molar-refractivity contribution in [1.29, 1.82) is 0 Å². The maximum Gasteiger partial charge on any atom is 0.263 e. The number of amides is 1. The number of ketones is 1. The molecule has 1 amide bonds. The quantitative estimate of drug-likeness (QED) is 0.529. The molecule has 0 atom stereocenters. The van der Waals surface area contributed by atoms with Gasteiger partial charge in [0.05, 0.1) is 4.91 Å². The van der Waals surface area contributed by atoms with Crippen LogP contribution in [0.2, 0.25) is 0 Å². The summed E-state index contributed by atoms with van der Waals surface area (Å²) in [4.78, 5) is 23.4. The molecule has 6 heteroatoms. The molecule has 0 radical (unpaired) electrons. The molecule has 1 aromatic heterocycles. The van der Waals surface area contributed by atoms with Crippen LogP contribution in [-0.2, 0) is 4.79 Å². The van der Waals surface area contributed by atoms with Crippen LogP contribution >= 0.6 is 24.0 Å². The molecule has 1 fully saturated rings. The van der Waals surface area contributed by atoms with E-state index in [2.05, 4.69) is 5.32 Å². The average Bonchev–Trinajstić information content (AvgIpc) is 3.06. The van der Waals surface area contributed by atoms with Gasteiger partial charge in [0.2, 0.25) is 0 Å². The van der Waals surface area contributed by atoms with Gasteiger partial charge in [-0.25, -0.2) is 0 Å². The number of thiocarbonyl (C=S) groups is 1. The van der Waals surface area contributed by atoms with Gasteiger partial charge in [-0.05, 0) is 19.1 Å². The summed E-state index contributed by atoms with van der Waals surface area (Å²) in [5.74, 6) is 1.07. The zero-order valence-corrected chi connectivity index (χ0v) is 13.2. The number of thioether (sulfide) groups is 1. The second-order valence-corrected chi connectivity index (χ2v) is 6.41. The van der Waals surface area contributed by atoms with Crippen molar-refractivity contribution >= 4 is 46.1 Å². The Bertz CT molecular complexity index is 803. The lowest BCUT2D eigenvalue weighted by atomic mass is 10.1. The van der Waals surface area contributed by atoms with Gasteiger partial charge in [-0.3, -0.25) is 9.59 Å². The maximum atomic E-state index is 11.6. The number of carbonyl (C=O) groups is 2. The minimum absolute atomic E-state index is 0.0247. The molecular weight excluding hydrogens is 318 g/mol. The summed E-state index contributed by atoms with van der Waals surface area (Å²) >= 11 is 6.15. The lowest BCUT2D eigenvalue weighted by Crippen LogP contribution is -2.17. The molecular formula is C16H11NO3S2. The first-order valence-corrected chi connectivity index (χ1v) is 7.71. The fourth-order valence-electron chi connectivity index (χ4n) is 2.01. The number of benzene rings is 1. The van der Waals surface area contributed by atoms with Gasteiger partial charge in [-0.15, -0.1) is 0 Å². The third kappa shape index (κ3) is 3.03. The first-order valence-electron chi connectivity index (χ1n) is 6.49. The summed E-state index contributed by atoms with van der Waals surface area (Å²) < 4.78 is 6.16. The highest BCUT2D eigenvalue weighted by Crippen LogP contribution is 2.28. The fourth-order valence-corrected chi connectivity index (χ4v) is 3.03. The number of furan rings is 1. The zero-order valence-electron chi connectivity index (χ0n) is 11.6. The predicted octanol–water partition coefficient (Wildman–Crippen LogP) is 3.64. The lowest BCUT2D eigenvalue weighted by molar-refractivity contribution is -0.115. The number of hydrogen-bond donors (Lipinski definition) is 1. The molecule has 110 valence electrons. The van der Waals surface area contributed by atoms with Crippen molar-refractivity contribution in [1.82, 2.24) is 5.32 Å². The minimum Gasteiger partial charge on any atom is -0.457 e. The Labute approximate surface area is 136 Å². The summed E-state index contributed by atoms with van der Waals surface area (Å²) in [5, 5.41) is 2.56. The molecule has 1 aliphatic heterocycles. The van der Waals surface area contributed by atoms with Crippen LogP contribution in [0.25, 0.3) is 17.4 Å². The number of Topliss-reactive ketones (excluding diaryl/α,β-unsaturated/α-hetero) is 1. The summed E-state index contributed by atoms with van der Waals surface area (Å²) in [7, 11) is 0. The molecule has 2 aromatic rings. The van der Waals surface area contributed by atoms with Crippen LogP contribution in [-0.4, -0.2) is 16.0 Å². The summed E-state index contributed by atoms with van der Waals surface area (Å²) in [6.07, 6.45) is 1.66. The molecule has 1 aliphatic rings. The van der Waals surface area contributed by atoms with Gasteiger partial charge in [0.25, 0.3) is 5.91 Å². The van der Waals surface area contributed by atoms with Gasteiger partial charge in [0, 0.05) is 17.2 Å². The SMILES string of the molecule is CC(=O)c1ccc(-c2ccc(/C=C3\SC(=S)NC3=O)o2)cc1. The van der Waals surface area contributed by atoms with E-state index in [9.17, 15) is 9.59 Å². The first kappa shape index (κ1) is 14.7. The Morgan fingerprint density at radius 2 is 1.95 bits per heavy atom. The third-order valence-electron chi connectivity index (χ3n) is 3.12. The van der Waals surface area contributed by atoms with Crippen molar-refractivity contribution in [3.8, 4) is 11.3 Å². The van der Waals surface area contributed by atoms with Crippen LogP contribution in [0.5, 0.6) is 0 Å². The second-order valence-electron chi connectivity index (χ2n) is 4.69. The molecule has 2 heterocycles. The first-order chi connectivity index (χ1) is 10.5. The Balaban J connectivity index is 1.85. The topological polar surface area (TPSA) is 59.3 Å². The van der Waals surface area contributed by atoms with E-state index in [1.54, 1.807) is 24.3 Å². The minimum atomic E-state index is -0.209. The number of nitrogens with one attached hydrogen (secondary N) is 1. The highest BCUT2D eigenvalue weighted by Gasteiger charge is 2.22. The molecule has 1 N–H and O–H groups in total. The van der Waals surface area contributed by atoms with Crippen molar-refractivity contribution < 1.29 is 14.0 Å². The zero-order chi connectivity index (χ0) is 15.7. The smallest absolute Gasteiger partial charge is 0.263 e. The van der Waals surface area contributed by atoms with Crippen LogP contribution in [0.3, 0.4) is 0 Å². The van der Waals surface area contributed by atoms with E-state index < -0.39 is 0 Å². The van der Waals surface area contributed by atoms with Crippen LogP contribution in [0.1, 0.15) is 23.0 Å². The van der Waals surface area contributed by atoms with Crippen molar-refractivity contribution in [2.45, 2.75) is 6.92 Å². The molecule has 1 aromatic carbocycles. The van der Waals surface area contributed by atoms with E-state index in [0.29, 0.717) is 26.3 Å². The second kappa shape index (κ2) is 5.90. The van der Waals surface area contributed by atoms with Gasteiger partial charge >= 0.3 is 0 Å². The van der Waals surface area contributed by atoms with Crippen molar-refractivity contribution in [3.63, 3.8) is 0 Å². The molecule has 0 spiro atoms. The summed E-state index contributed by atoms with van der Waals surface area (Å²) in [5.41, 5.74) is 1.53. The molecule has 1 saturated heterocycles. The van der Waals surface area contributed by atoms with Crippen LogP contribution < -0.4 is 5.32 Å². The van der Waals surface area contributed by atoms with E-state index in [-0.39, 0.29) is 11.7 Å². The number of rotatable bonds is 3. The normalized spacial score (nSPS) is 16.1. The highest BCUT2D eigenvalue weighted by atomic mass is 32.2. The van der Waals surface area contributed by atoms with Gasteiger partial charge in [0.1, 0.15) is 15.8 Å². The Morgan fingerprint density at radius 3 is 2.55 bits per heavy atom. The summed E-state index contributed by atoms with van der Waals surface area (Å²) in [6, 6.07) is 10.8. The molecule has 4 nitrogen and oxygen atoms in total. The van der Waals surface area contributed by atoms with Gasteiger partial charge in [-0.2, -0.15) is 0 Å². The van der Waals surface area contributed by atoms with E-state index in [4.69, 9.17) is 16.6 Å². The van der Waals surface area contributed by atoms with E-state index in [1.807, 2.05) is 18.2 Å². The predicted molar refractivity (Wildman–Crippen MR) is 90.5 cm³/mol. The number of hydrogen-bond acceptors (Lipinski definition) is 5. The largest absolute Gasteiger partial charge is 0.457 e. The van der Waals surface area contributed by atoms with Crippen molar-refractivity contribution in [2.24, 2.45) is 0 Å². The van der Waals surface area contributed by atoms with Crippen LogP contribution in [0.4, 0.5) is 0 Å².